The number of nitro benzene ring substituents is 1. The van der Waals surface area contributed by atoms with E-state index in [1.165, 1.54) is 0 Å². The Balaban J connectivity index is 2.35. The number of esters is 1. The number of alkyl halides is 3. The predicted molar refractivity (Wildman–Crippen MR) is 104 cm³/mol. The highest BCUT2D eigenvalue weighted by molar-refractivity contribution is 6.37. The molecule has 2 rings (SSSR count). The quantitative estimate of drug-likeness (QED) is 0.339. The molecule has 0 unspecified atom stereocenters. The average molecular weight is 481 g/mol. The maximum absolute atomic E-state index is 12.8. The van der Waals surface area contributed by atoms with Crippen molar-refractivity contribution in [3.05, 3.63) is 61.6 Å². The number of rotatable bonds is 7. The van der Waals surface area contributed by atoms with Gasteiger partial charge in [0.25, 0.3) is 11.6 Å². The summed E-state index contributed by atoms with van der Waals surface area (Å²) in [6.07, 6.45) is -4.69. The van der Waals surface area contributed by atoms with Crippen LogP contribution in [0.3, 0.4) is 0 Å². The van der Waals surface area contributed by atoms with E-state index in [4.69, 9.17) is 27.9 Å². The van der Waals surface area contributed by atoms with Gasteiger partial charge >= 0.3 is 12.1 Å². The third-order valence-electron chi connectivity index (χ3n) is 3.65. The molecule has 13 heteroatoms. The zero-order valence-electron chi connectivity index (χ0n) is 15.6. The number of hydrogen-bond donors (Lipinski definition) is 1. The zero-order chi connectivity index (χ0) is 23.3. The molecule has 0 radical (unpaired) electrons. The van der Waals surface area contributed by atoms with Crippen molar-refractivity contribution < 1.29 is 37.2 Å². The summed E-state index contributed by atoms with van der Waals surface area (Å²) in [4.78, 5) is 34.1. The van der Waals surface area contributed by atoms with Crippen LogP contribution in [-0.4, -0.2) is 30.0 Å². The van der Waals surface area contributed by atoms with E-state index in [-0.39, 0.29) is 18.1 Å². The Kier molecular flexibility index (Phi) is 7.69. The summed E-state index contributed by atoms with van der Waals surface area (Å²) in [6.45, 7) is 1.10. The second kappa shape index (κ2) is 9.84. The van der Waals surface area contributed by atoms with Gasteiger partial charge in [-0.25, -0.2) is 0 Å². The van der Waals surface area contributed by atoms with E-state index in [1.54, 1.807) is 6.92 Å². The molecule has 8 nitrogen and oxygen atoms in total. The van der Waals surface area contributed by atoms with Gasteiger partial charge in [-0.1, -0.05) is 23.2 Å². The molecule has 2 aromatic carbocycles. The maximum Gasteiger partial charge on any atom is 0.416 e. The van der Waals surface area contributed by atoms with Crippen molar-refractivity contribution in [2.24, 2.45) is 0 Å². The molecule has 1 N–H and O–H groups in total. The van der Waals surface area contributed by atoms with Crippen molar-refractivity contribution in [1.29, 1.82) is 0 Å². The number of carbonyl (C=O) groups is 2. The van der Waals surface area contributed by atoms with Crippen molar-refractivity contribution in [1.82, 2.24) is 5.32 Å². The molecule has 0 saturated carbocycles. The monoisotopic (exact) mass is 480 g/mol. The van der Waals surface area contributed by atoms with Crippen LogP contribution in [0.15, 0.2) is 30.3 Å². The van der Waals surface area contributed by atoms with Gasteiger partial charge in [-0.15, -0.1) is 0 Å². The summed E-state index contributed by atoms with van der Waals surface area (Å²) < 4.78 is 48.6. The molecule has 0 fully saturated rings. The number of nitrogens with one attached hydrogen (secondary N) is 1. The number of hydrogen-bond acceptors (Lipinski definition) is 6. The lowest BCUT2D eigenvalue weighted by Crippen LogP contribution is -2.31. The normalized spacial score (nSPS) is 11.0. The van der Waals surface area contributed by atoms with Crippen LogP contribution in [0.1, 0.15) is 22.8 Å². The van der Waals surface area contributed by atoms with Crippen molar-refractivity contribution in [3.8, 4) is 11.5 Å². The van der Waals surface area contributed by atoms with E-state index in [1.807, 2.05) is 0 Å². The van der Waals surface area contributed by atoms with Gasteiger partial charge in [-0.3, -0.25) is 19.7 Å². The minimum atomic E-state index is -4.69. The number of ether oxygens (including phenoxy) is 2. The first-order valence-corrected chi connectivity index (χ1v) is 9.16. The summed E-state index contributed by atoms with van der Waals surface area (Å²) >= 11 is 11.7. The average Bonchev–Trinajstić information content (AvgIpc) is 2.68. The molecule has 0 heterocycles. The highest BCUT2D eigenvalue weighted by Gasteiger charge is 2.32. The summed E-state index contributed by atoms with van der Waals surface area (Å²) in [5, 5.41) is 12.5. The minimum absolute atomic E-state index is 0.0762. The fraction of sp³-hybridized carbons (Fsp3) is 0.222. The molecular formula is C18H13Cl2F3N2O6. The predicted octanol–water partition coefficient (Wildman–Crippen LogP) is 5.01. The largest absolute Gasteiger partial charge is 0.465 e. The van der Waals surface area contributed by atoms with Crippen molar-refractivity contribution >= 4 is 40.8 Å². The molecule has 31 heavy (non-hydrogen) atoms. The van der Waals surface area contributed by atoms with Gasteiger partial charge < -0.3 is 14.8 Å². The van der Waals surface area contributed by atoms with E-state index in [2.05, 4.69) is 10.1 Å². The molecular weight excluding hydrogens is 468 g/mol. The molecule has 0 aliphatic heterocycles. The second-order valence-electron chi connectivity index (χ2n) is 5.79. The fourth-order valence-corrected chi connectivity index (χ4v) is 2.88. The molecule has 0 aliphatic carbocycles. The van der Waals surface area contributed by atoms with Crippen LogP contribution < -0.4 is 10.1 Å². The van der Waals surface area contributed by atoms with Gasteiger partial charge in [-0.2, -0.15) is 13.2 Å². The van der Waals surface area contributed by atoms with E-state index >= 15 is 0 Å². The second-order valence-corrected chi connectivity index (χ2v) is 6.61. The molecule has 0 bridgehead atoms. The van der Waals surface area contributed by atoms with Crippen LogP contribution >= 0.6 is 23.2 Å². The molecule has 1 amide bonds. The van der Waals surface area contributed by atoms with Gasteiger partial charge in [0.15, 0.2) is 5.75 Å². The van der Waals surface area contributed by atoms with Crippen LogP contribution in [0.4, 0.5) is 18.9 Å². The lowest BCUT2D eigenvalue weighted by molar-refractivity contribution is -0.385. The Morgan fingerprint density at radius 3 is 2.29 bits per heavy atom. The highest BCUT2D eigenvalue weighted by Crippen LogP contribution is 2.42. The lowest BCUT2D eigenvalue weighted by atomic mass is 10.1. The van der Waals surface area contributed by atoms with Crippen LogP contribution in [0.25, 0.3) is 0 Å². The third-order valence-corrected chi connectivity index (χ3v) is 4.21. The number of amides is 1. The molecule has 0 saturated heterocycles. The van der Waals surface area contributed by atoms with Crippen molar-refractivity contribution in [3.63, 3.8) is 0 Å². The van der Waals surface area contributed by atoms with Crippen molar-refractivity contribution in [2.75, 3.05) is 13.2 Å². The maximum atomic E-state index is 12.8. The summed E-state index contributed by atoms with van der Waals surface area (Å²) in [7, 11) is 0. The van der Waals surface area contributed by atoms with Gasteiger partial charge in [0, 0.05) is 12.1 Å². The first-order chi connectivity index (χ1) is 14.4. The van der Waals surface area contributed by atoms with Gasteiger partial charge in [0.1, 0.15) is 17.9 Å². The number of carbonyl (C=O) groups excluding carboxylic acids is 2. The number of nitrogens with zero attached hydrogens (tertiary/aromatic N) is 1. The first kappa shape index (κ1) is 24.2. The number of benzene rings is 2. The van der Waals surface area contributed by atoms with Crippen LogP contribution in [0.2, 0.25) is 10.0 Å². The molecule has 0 spiro atoms. The molecule has 0 aliphatic rings. The van der Waals surface area contributed by atoms with Crippen LogP contribution in [0.5, 0.6) is 11.5 Å². The zero-order valence-corrected chi connectivity index (χ0v) is 17.1. The lowest BCUT2D eigenvalue weighted by Gasteiger charge is -2.14. The van der Waals surface area contributed by atoms with E-state index < -0.39 is 56.4 Å². The topological polar surface area (TPSA) is 108 Å². The standard InChI is InChI=1S/C18H13Cl2F3N2O6/c1-2-30-15(26)8-24-17(27)11-7-10(3-4-14(11)25(28)29)31-16-12(19)5-9(6-13(16)20)18(21,22)23/h3-7H,2,8H2,1H3,(H,24,27). The highest BCUT2D eigenvalue weighted by atomic mass is 35.5. The third kappa shape index (κ3) is 6.22. The minimum Gasteiger partial charge on any atom is -0.465 e. The summed E-state index contributed by atoms with van der Waals surface area (Å²) in [6, 6.07) is 4.20. The van der Waals surface area contributed by atoms with Crippen LogP contribution in [-0.2, 0) is 15.7 Å². The summed E-state index contributed by atoms with van der Waals surface area (Å²) in [5.74, 6) is -2.25. The Labute approximate surface area is 183 Å². The van der Waals surface area contributed by atoms with Gasteiger partial charge in [-0.05, 0) is 25.1 Å². The van der Waals surface area contributed by atoms with Crippen molar-refractivity contribution in [2.45, 2.75) is 13.1 Å². The van der Waals surface area contributed by atoms with Gasteiger partial charge in [0.2, 0.25) is 0 Å². The Hall–Kier alpha value is -3.05. The number of nitro groups is 1. The Bertz CT molecular complexity index is 1010. The van der Waals surface area contributed by atoms with E-state index in [0.29, 0.717) is 12.1 Å². The molecule has 0 atom stereocenters. The van der Waals surface area contributed by atoms with Crippen LogP contribution in [0, 0.1) is 10.1 Å². The Morgan fingerprint density at radius 1 is 1.16 bits per heavy atom. The van der Waals surface area contributed by atoms with E-state index in [0.717, 1.165) is 18.2 Å². The number of halogens is 5. The van der Waals surface area contributed by atoms with Gasteiger partial charge in [0.05, 0.1) is 27.1 Å². The molecule has 0 aromatic heterocycles. The molecule has 2 aromatic rings. The molecule has 166 valence electrons. The van der Waals surface area contributed by atoms with E-state index in [9.17, 15) is 32.9 Å². The Morgan fingerprint density at radius 2 is 1.77 bits per heavy atom. The summed E-state index contributed by atoms with van der Waals surface area (Å²) in [5.41, 5.74) is -2.16. The fourth-order valence-electron chi connectivity index (χ4n) is 2.32. The first-order valence-electron chi connectivity index (χ1n) is 8.40. The SMILES string of the molecule is CCOC(=O)CNC(=O)c1cc(Oc2c(Cl)cc(C(F)(F)F)cc2Cl)ccc1[N+](=O)[O-]. The smallest absolute Gasteiger partial charge is 0.416 e.